The second-order valence-electron chi connectivity index (χ2n) is 9.77. The van der Waals surface area contributed by atoms with Gasteiger partial charge in [-0.25, -0.2) is 0 Å². The van der Waals surface area contributed by atoms with Gasteiger partial charge in [-0.3, -0.25) is 0 Å². The number of benzene rings is 2. The van der Waals surface area contributed by atoms with Gasteiger partial charge in [-0.15, -0.1) is 24.0 Å². The summed E-state index contributed by atoms with van der Waals surface area (Å²) in [4.78, 5) is 0. The minimum Gasteiger partial charge on any atom is -0.321 e. The van der Waals surface area contributed by atoms with Crippen molar-refractivity contribution >= 4 is 21.7 Å². The van der Waals surface area contributed by atoms with E-state index in [4.69, 9.17) is 0 Å². The summed E-state index contributed by atoms with van der Waals surface area (Å²) in [5, 5.41) is 0. The van der Waals surface area contributed by atoms with E-state index in [1.807, 2.05) is 36.4 Å². The molecular weight excluding hydrogens is 552 g/mol. The minimum atomic E-state index is 0. The van der Waals surface area contributed by atoms with Crippen LogP contribution in [0.25, 0.3) is 12.2 Å². The van der Waals surface area contributed by atoms with Gasteiger partial charge in [0.15, 0.2) is 0 Å². The van der Waals surface area contributed by atoms with E-state index in [9.17, 15) is 0 Å². The Morgan fingerprint density at radius 1 is 0.605 bits per heavy atom. The van der Waals surface area contributed by atoms with Crippen LogP contribution in [0.15, 0.2) is 121 Å². The van der Waals surface area contributed by atoms with Gasteiger partial charge >= 0.3 is 26.2 Å². The van der Waals surface area contributed by atoms with Crippen molar-refractivity contribution in [2.24, 2.45) is 23.7 Å². The van der Waals surface area contributed by atoms with Crippen LogP contribution in [-0.2, 0) is 26.2 Å². The molecule has 2 aromatic rings. The summed E-state index contributed by atoms with van der Waals surface area (Å²) in [6.45, 7) is 4.42. The minimum absolute atomic E-state index is 0. The van der Waals surface area contributed by atoms with Crippen LogP contribution >= 0.6 is 0 Å². The first-order valence-corrected chi connectivity index (χ1v) is 16.2. The molecule has 4 aliphatic carbocycles. The maximum absolute atomic E-state index is 2.42. The Kier molecular flexibility index (Phi) is 16.9. The zero-order valence-corrected chi connectivity index (χ0v) is 26.7. The molecule has 2 heteroatoms. The van der Waals surface area contributed by atoms with Crippen LogP contribution in [0, 0.1) is 36.5 Å². The molecule has 0 saturated heterocycles. The Bertz CT molecular complexity index is 924. The maximum Gasteiger partial charge on any atom is 2.00 e. The molecule has 0 amide bonds. The van der Waals surface area contributed by atoms with Crippen molar-refractivity contribution in [3.05, 3.63) is 145 Å². The van der Waals surface area contributed by atoms with Crippen molar-refractivity contribution in [1.82, 2.24) is 0 Å². The van der Waals surface area contributed by atoms with E-state index in [1.54, 1.807) is 0 Å². The molecule has 195 valence electrons. The molecule has 0 heterocycles. The van der Waals surface area contributed by atoms with Crippen molar-refractivity contribution in [2.45, 2.75) is 38.8 Å². The fourth-order valence-corrected chi connectivity index (χ4v) is 4.85. The monoisotopic (exact) mass is 593 g/mol. The second-order valence-corrected chi connectivity index (χ2v) is 10.9. The molecule has 2 aromatic carbocycles. The summed E-state index contributed by atoms with van der Waals surface area (Å²) in [6, 6.07) is 20.6. The van der Waals surface area contributed by atoms with Crippen LogP contribution in [0.2, 0.25) is 13.1 Å². The average Bonchev–Trinajstić information content (AvgIpc) is 3.63. The van der Waals surface area contributed by atoms with Gasteiger partial charge in [-0.1, -0.05) is 147 Å². The molecule has 0 N–H and O–H groups in total. The van der Waals surface area contributed by atoms with Crippen molar-refractivity contribution in [1.29, 1.82) is 0 Å². The summed E-state index contributed by atoms with van der Waals surface area (Å²) in [5.74, 6) is 3.23. The molecule has 1 radical (unpaired) electrons. The molecule has 0 bridgehead atoms. The second kappa shape index (κ2) is 20.0. The molecule has 2 saturated carbocycles. The third kappa shape index (κ3) is 12.2. The van der Waals surface area contributed by atoms with E-state index in [1.165, 1.54) is 36.8 Å². The van der Waals surface area contributed by atoms with Gasteiger partial charge in [-0.05, 0) is 23.0 Å². The maximum atomic E-state index is 2.42. The van der Waals surface area contributed by atoms with Crippen LogP contribution in [0.3, 0.4) is 0 Å². The molecule has 0 nitrogen and oxygen atoms in total. The van der Waals surface area contributed by atoms with Gasteiger partial charge in [0, 0.05) is 9.52 Å². The average molecular weight is 595 g/mol. The van der Waals surface area contributed by atoms with Gasteiger partial charge in [0.2, 0.25) is 0 Å². The molecule has 0 spiro atoms. The number of allylic oxidation sites excluding steroid dienone is 10. The predicted octanol–water partition coefficient (Wildman–Crippen LogP) is 9.62. The van der Waals surface area contributed by atoms with Gasteiger partial charge < -0.3 is 12.8 Å². The van der Waals surface area contributed by atoms with Crippen LogP contribution in [0.4, 0.5) is 0 Å². The van der Waals surface area contributed by atoms with Gasteiger partial charge in [0.1, 0.15) is 0 Å². The zero-order chi connectivity index (χ0) is 26.0. The molecule has 0 aliphatic heterocycles. The SMILES string of the molecule is C(C=Cc1ccccc1)=Cc1ccccc1.C1=CC2[CH-]CCC2C=C1.C1=CC2[CH-]CCC2C=C1.C[SiH]C.[Zr+2]. The zero-order valence-electron chi connectivity index (χ0n) is 23.1. The van der Waals surface area contributed by atoms with E-state index < -0.39 is 0 Å². The molecule has 2 fully saturated rings. The summed E-state index contributed by atoms with van der Waals surface area (Å²) in [5.41, 5.74) is 2.44. The predicted molar refractivity (Wildman–Crippen MR) is 167 cm³/mol. The Hall–Kier alpha value is -2.02. The third-order valence-electron chi connectivity index (χ3n) is 6.76. The van der Waals surface area contributed by atoms with Crippen LogP contribution in [0.1, 0.15) is 36.8 Å². The summed E-state index contributed by atoms with van der Waals surface area (Å²) in [7, 11) is 0.750. The molecule has 38 heavy (non-hydrogen) atoms. The molecular formula is C36H43SiZr. The van der Waals surface area contributed by atoms with Gasteiger partial charge in [0.05, 0.1) is 0 Å². The third-order valence-corrected chi connectivity index (χ3v) is 6.76. The normalized spacial score (nSPS) is 23.7. The van der Waals surface area contributed by atoms with Crippen LogP contribution in [-0.4, -0.2) is 9.52 Å². The fraction of sp³-hybridized carbons (Fsp3) is 0.278. The van der Waals surface area contributed by atoms with E-state index in [-0.39, 0.29) is 26.2 Å². The van der Waals surface area contributed by atoms with Crippen LogP contribution in [0.5, 0.6) is 0 Å². The van der Waals surface area contributed by atoms with Gasteiger partial charge in [-0.2, -0.15) is 12.8 Å². The summed E-state index contributed by atoms with van der Waals surface area (Å²) >= 11 is 0. The fourth-order valence-electron chi connectivity index (χ4n) is 4.85. The van der Waals surface area contributed by atoms with Gasteiger partial charge in [0.25, 0.3) is 0 Å². The molecule has 4 aliphatic rings. The number of hydrogen-bond donors (Lipinski definition) is 0. The number of hydrogen-bond acceptors (Lipinski definition) is 0. The Labute approximate surface area is 254 Å². The molecule has 4 atom stereocenters. The molecule has 4 unspecified atom stereocenters. The van der Waals surface area contributed by atoms with Crippen molar-refractivity contribution < 1.29 is 26.2 Å². The Morgan fingerprint density at radius 2 is 0.974 bits per heavy atom. The summed E-state index contributed by atoms with van der Waals surface area (Å²) < 4.78 is 0. The molecule has 6 rings (SSSR count). The van der Waals surface area contributed by atoms with E-state index >= 15 is 0 Å². The smallest absolute Gasteiger partial charge is 0.321 e. The first kappa shape index (κ1) is 32.2. The number of rotatable bonds is 3. The quantitative estimate of drug-likeness (QED) is 0.189. The van der Waals surface area contributed by atoms with E-state index in [0.717, 1.165) is 33.2 Å². The van der Waals surface area contributed by atoms with E-state index in [2.05, 4.69) is 123 Å². The molecule has 0 aromatic heterocycles. The van der Waals surface area contributed by atoms with Crippen molar-refractivity contribution in [2.75, 3.05) is 0 Å². The first-order valence-electron chi connectivity index (χ1n) is 13.9. The van der Waals surface area contributed by atoms with Crippen LogP contribution < -0.4 is 0 Å². The van der Waals surface area contributed by atoms with Crippen molar-refractivity contribution in [3.63, 3.8) is 0 Å². The standard InChI is InChI=1S/C16H14.2C9H11.C2H7Si.Zr/c1-3-9-15(10-4-1)13-7-8-14-16-11-5-2-6-12-16;2*1-2-5-9-7-3-6-8(9)4-1;1-3-2;/h1-14H;2*1-2,4-6,8-9H,3,7H2;3H,1-2H3;/q;2*-1;;+2. The summed E-state index contributed by atoms with van der Waals surface area (Å²) in [6.07, 6.45) is 36.4. The largest absolute Gasteiger partial charge is 2.00 e. The topological polar surface area (TPSA) is 0 Å². The first-order chi connectivity index (χ1) is 18.3. The number of fused-ring (bicyclic) bond motifs is 2. The Balaban J connectivity index is 0.000000198. The van der Waals surface area contributed by atoms with E-state index in [0.29, 0.717) is 0 Å². The Morgan fingerprint density at radius 3 is 1.34 bits per heavy atom. The van der Waals surface area contributed by atoms with Crippen molar-refractivity contribution in [3.8, 4) is 0 Å².